The summed E-state index contributed by atoms with van der Waals surface area (Å²) < 4.78 is 6.75. The number of aryl methyl sites for hydroxylation is 2. The van der Waals surface area contributed by atoms with Gasteiger partial charge in [-0.05, 0) is 51.1 Å². The number of nitrogens with zero attached hydrogens (tertiary/aromatic N) is 5. The predicted octanol–water partition coefficient (Wildman–Crippen LogP) is 2.53. The first-order valence-corrected chi connectivity index (χ1v) is 10.1. The number of carbonyl (C=O) groups excluding carboxylic acids is 2. The monoisotopic (exact) mass is 420 g/mol. The lowest BCUT2D eigenvalue weighted by Gasteiger charge is -2.39. The molecule has 0 bridgehead atoms. The van der Waals surface area contributed by atoms with Crippen LogP contribution >= 0.6 is 0 Å². The molecule has 1 saturated heterocycles. The lowest BCUT2D eigenvalue weighted by atomic mass is 9.99. The van der Waals surface area contributed by atoms with Gasteiger partial charge in [-0.25, -0.2) is 19.4 Å². The Balaban J connectivity index is 1.35. The predicted molar refractivity (Wildman–Crippen MR) is 115 cm³/mol. The molecule has 0 spiro atoms. The highest BCUT2D eigenvalue weighted by atomic mass is 16.5. The van der Waals surface area contributed by atoms with Gasteiger partial charge >= 0.3 is 5.97 Å². The zero-order chi connectivity index (χ0) is 22.0. The minimum atomic E-state index is -0.375. The van der Waals surface area contributed by atoms with Crippen molar-refractivity contribution >= 4 is 23.4 Å². The number of amides is 1. The summed E-state index contributed by atoms with van der Waals surface area (Å²) in [6.45, 7) is 7.14. The first kappa shape index (κ1) is 20.5. The van der Waals surface area contributed by atoms with Crippen LogP contribution in [0.5, 0.6) is 0 Å². The number of aromatic nitrogens is 4. The number of hydrogen-bond acceptors (Lipinski definition) is 7. The highest BCUT2D eigenvalue weighted by Gasteiger charge is 2.33. The van der Waals surface area contributed by atoms with Crippen LogP contribution in [0.1, 0.15) is 28.7 Å². The summed E-state index contributed by atoms with van der Waals surface area (Å²) in [4.78, 5) is 35.0. The van der Waals surface area contributed by atoms with Crippen molar-refractivity contribution in [2.45, 2.75) is 20.8 Å². The van der Waals surface area contributed by atoms with Crippen LogP contribution in [-0.2, 0) is 9.53 Å². The van der Waals surface area contributed by atoms with Crippen molar-refractivity contribution in [3.63, 3.8) is 0 Å². The Morgan fingerprint density at radius 3 is 2.45 bits per heavy atom. The maximum Gasteiger partial charge on any atom is 0.338 e. The number of ether oxygens (including phenoxy) is 1. The van der Waals surface area contributed by atoms with E-state index in [1.165, 1.54) is 6.33 Å². The van der Waals surface area contributed by atoms with Gasteiger partial charge in [-0.2, -0.15) is 5.10 Å². The van der Waals surface area contributed by atoms with E-state index < -0.39 is 0 Å². The van der Waals surface area contributed by atoms with Gasteiger partial charge < -0.3 is 15.0 Å². The number of hydrogen-bond donors (Lipinski definition) is 1. The summed E-state index contributed by atoms with van der Waals surface area (Å²) in [7, 11) is 0. The molecule has 31 heavy (non-hydrogen) atoms. The van der Waals surface area contributed by atoms with Gasteiger partial charge in [-0.15, -0.1) is 0 Å². The molecule has 4 rings (SSSR count). The highest BCUT2D eigenvalue weighted by molar-refractivity contribution is 5.95. The van der Waals surface area contributed by atoms with E-state index in [-0.39, 0.29) is 17.8 Å². The molecule has 1 aliphatic rings. The van der Waals surface area contributed by atoms with E-state index in [1.807, 2.05) is 30.9 Å². The Morgan fingerprint density at radius 2 is 1.81 bits per heavy atom. The van der Waals surface area contributed by atoms with Crippen molar-refractivity contribution in [1.29, 1.82) is 0 Å². The van der Waals surface area contributed by atoms with Gasteiger partial charge in [0.05, 0.1) is 23.8 Å². The van der Waals surface area contributed by atoms with E-state index in [0.717, 1.165) is 17.2 Å². The maximum absolute atomic E-state index is 12.6. The molecule has 2 aromatic heterocycles. The minimum absolute atomic E-state index is 0.0621. The lowest BCUT2D eigenvalue weighted by molar-refractivity contribution is -0.120. The first-order chi connectivity index (χ1) is 14.9. The summed E-state index contributed by atoms with van der Waals surface area (Å²) in [5, 5.41) is 7.35. The molecule has 3 heterocycles. The van der Waals surface area contributed by atoms with Crippen molar-refractivity contribution < 1.29 is 14.3 Å². The van der Waals surface area contributed by atoms with Gasteiger partial charge in [0.1, 0.15) is 12.1 Å². The van der Waals surface area contributed by atoms with E-state index in [2.05, 4.69) is 20.4 Å². The fourth-order valence-corrected chi connectivity index (χ4v) is 3.47. The fraction of sp³-hybridized carbons (Fsp3) is 0.318. The molecule has 0 aliphatic carbocycles. The van der Waals surface area contributed by atoms with Gasteiger partial charge in [0.2, 0.25) is 5.91 Å². The first-order valence-electron chi connectivity index (χ1n) is 10.1. The number of rotatable bonds is 6. The van der Waals surface area contributed by atoms with Gasteiger partial charge in [0, 0.05) is 30.5 Å². The molecule has 9 nitrogen and oxygen atoms in total. The number of nitrogens with one attached hydrogen (secondary N) is 1. The molecule has 1 N–H and O–H groups in total. The quantitative estimate of drug-likeness (QED) is 0.611. The zero-order valence-corrected chi connectivity index (χ0v) is 17.7. The van der Waals surface area contributed by atoms with Crippen LogP contribution in [0.25, 0.3) is 5.82 Å². The summed E-state index contributed by atoms with van der Waals surface area (Å²) in [5.74, 6) is 0.884. The van der Waals surface area contributed by atoms with E-state index >= 15 is 0 Å². The Kier molecular flexibility index (Phi) is 5.66. The van der Waals surface area contributed by atoms with Gasteiger partial charge in [-0.3, -0.25) is 4.79 Å². The Labute approximate surface area is 180 Å². The normalized spacial score (nSPS) is 13.6. The van der Waals surface area contributed by atoms with E-state index in [1.54, 1.807) is 35.9 Å². The Bertz CT molecular complexity index is 1100. The third kappa shape index (κ3) is 4.40. The molecule has 1 amide bonds. The molecule has 3 aromatic rings. The van der Waals surface area contributed by atoms with Crippen LogP contribution in [0.4, 0.5) is 11.5 Å². The molecule has 0 atom stereocenters. The molecule has 0 saturated carbocycles. The number of carbonyl (C=O) groups is 2. The lowest BCUT2D eigenvalue weighted by Crippen LogP contribution is -2.52. The van der Waals surface area contributed by atoms with Crippen molar-refractivity contribution in [1.82, 2.24) is 19.7 Å². The van der Waals surface area contributed by atoms with Gasteiger partial charge in [-0.1, -0.05) is 0 Å². The highest BCUT2D eigenvalue weighted by Crippen LogP contribution is 2.25. The minimum Gasteiger partial charge on any atom is -0.462 e. The van der Waals surface area contributed by atoms with Crippen molar-refractivity contribution in [3.05, 3.63) is 59.7 Å². The van der Waals surface area contributed by atoms with E-state index in [4.69, 9.17) is 4.74 Å². The van der Waals surface area contributed by atoms with Crippen LogP contribution in [-0.4, -0.2) is 51.3 Å². The molecule has 9 heteroatoms. The molecule has 160 valence electrons. The standard InChI is InChI=1S/C22H24N6O3/c1-4-31-22(30)16-5-7-18(8-6-16)25-21(29)17-11-27(12-17)19-10-20(24-13-23-19)28-15(3)9-14(2)26-28/h5-10,13,17H,4,11-12H2,1-3H3,(H,25,29). The van der Waals surface area contributed by atoms with Crippen molar-refractivity contribution in [2.75, 3.05) is 29.9 Å². The second-order valence-electron chi connectivity index (χ2n) is 7.46. The van der Waals surface area contributed by atoms with Gasteiger partial charge in [0.15, 0.2) is 5.82 Å². The summed E-state index contributed by atoms with van der Waals surface area (Å²) in [6, 6.07) is 10.5. The molecular weight excluding hydrogens is 396 g/mol. The largest absolute Gasteiger partial charge is 0.462 e. The van der Waals surface area contributed by atoms with Gasteiger partial charge in [0.25, 0.3) is 0 Å². The van der Waals surface area contributed by atoms with Crippen LogP contribution in [0.15, 0.2) is 42.7 Å². The SMILES string of the molecule is CCOC(=O)c1ccc(NC(=O)C2CN(c3cc(-n4nc(C)cc4C)ncn3)C2)cc1. The third-order valence-corrected chi connectivity index (χ3v) is 5.10. The van der Waals surface area contributed by atoms with Crippen LogP contribution in [0, 0.1) is 19.8 Å². The smallest absolute Gasteiger partial charge is 0.338 e. The maximum atomic E-state index is 12.6. The van der Waals surface area contributed by atoms with Crippen LogP contribution in [0.3, 0.4) is 0 Å². The number of anilines is 2. The van der Waals surface area contributed by atoms with Crippen molar-refractivity contribution in [2.24, 2.45) is 5.92 Å². The summed E-state index contributed by atoms with van der Waals surface area (Å²) >= 11 is 0. The molecule has 1 aliphatic heterocycles. The Hall–Kier alpha value is -3.75. The van der Waals surface area contributed by atoms with E-state index in [9.17, 15) is 9.59 Å². The fourth-order valence-electron chi connectivity index (χ4n) is 3.47. The van der Waals surface area contributed by atoms with Crippen LogP contribution in [0.2, 0.25) is 0 Å². The third-order valence-electron chi connectivity index (χ3n) is 5.10. The summed E-state index contributed by atoms with van der Waals surface area (Å²) in [5.41, 5.74) is 3.02. The Morgan fingerprint density at radius 1 is 1.10 bits per heavy atom. The molecule has 1 aromatic carbocycles. The number of benzene rings is 1. The average molecular weight is 420 g/mol. The molecule has 0 radical (unpaired) electrons. The topological polar surface area (TPSA) is 102 Å². The van der Waals surface area contributed by atoms with Crippen LogP contribution < -0.4 is 10.2 Å². The average Bonchev–Trinajstić information content (AvgIpc) is 3.06. The second kappa shape index (κ2) is 8.55. The van der Waals surface area contributed by atoms with Crippen molar-refractivity contribution in [3.8, 4) is 5.82 Å². The molecule has 1 fully saturated rings. The second-order valence-corrected chi connectivity index (χ2v) is 7.46. The summed E-state index contributed by atoms with van der Waals surface area (Å²) in [6.07, 6.45) is 1.51. The molecular formula is C22H24N6O3. The molecule has 0 unspecified atom stereocenters. The zero-order valence-electron chi connectivity index (χ0n) is 17.7. The number of esters is 1. The van der Waals surface area contributed by atoms with E-state index in [0.29, 0.717) is 36.8 Å².